The van der Waals surface area contributed by atoms with Gasteiger partial charge in [0.15, 0.2) is 0 Å². The van der Waals surface area contributed by atoms with Crippen molar-refractivity contribution in [1.29, 1.82) is 0 Å². The van der Waals surface area contributed by atoms with Crippen LogP contribution in [0.5, 0.6) is 5.75 Å². The van der Waals surface area contributed by atoms with Crippen molar-refractivity contribution in [3.63, 3.8) is 0 Å². The van der Waals surface area contributed by atoms with Gasteiger partial charge in [0.1, 0.15) is 5.75 Å². The van der Waals surface area contributed by atoms with E-state index in [0.717, 1.165) is 13.0 Å². The summed E-state index contributed by atoms with van der Waals surface area (Å²) in [4.78, 5) is 1.26. The first kappa shape index (κ1) is 15.4. The largest absolute Gasteiger partial charge is 0.508 e. The summed E-state index contributed by atoms with van der Waals surface area (Å²) in [5.41, 5.74) is 1.43. The van der Waals surface area contributed by atoms with E-state index >= 15 is 0 Å². The van der Waals surface area contributed by atoms with E-state index in [1.54, 1.807) is 12.1 Å². The molecule has 2 aromatic carbocycles. The van der Waals surface area contributed by atoms with E-state index in [2.05, 4.69) is 35.6 Å². The molecule has 0 amide bonds. The number of hydrogen-bond donors (Lipinski definition) is 2. The summed E-state index contributed by atoms with van der Waals surface area (Å²) >= 11 is 1.95. The highest BCUT2D eigenvalue weighted by molar-refractivity contribution is 8.00. The Bertz CT molecular complexity index is 570. The van der Waals surface area contributed by atoms with Gasteiger partial charge in [-0.25, -0.2) is 0 Å². The smallest absolute Gasteiger partial charge is 0.115 e. The van der Waals surface area contributed by atoms with E-state index in [-0.39, 0.29) is 0 Å². The highest BCUT2D eigenvalue weighted by Crippen LogP contribution is 2.31. The molecule has 2 unspecified atom stereocenters. The van der Waals surface area contributed by atoms with Crippen molar-refractivity contribution in [3.8, 4) is 5.75 Å². The van der Waals surface area contributed by atoms with Gasteiger partial charge in [0, 0.05) is 16.2 Å². The molecule has 1 aliphatic heterocycles. The number of hydrogen-bond acceptors (Lipinski definition) is 3. The maximum Gasteiger partial charge on any atom is 0.115 e. The standard InChI is InChI=1S/C19H23NOS/c21-17-8-10-18(11-9-17)22-19-12-13-20-16(14-19)7-6-15-4-2-1-3-5-15/h1-5,8-11,16,19-21H,6-7,12-14H2. The van der Waals surface area contributed by atoms with E-state index in [1.165, 1.54) is 29.7 Å². The van der Waals surface area contributed by atoms with Crippen molar-refractivity contribution in [3.05, 3.63) is 60.2 Å². The number of phenolic OH excluding ortho intramolecular Hbond substituents is 1. The molecule has 0 aromatic heterocycles. The monoisotopic (exact) mass is 313 g/mol. The Kier molecular flexibility index (Phi) is 5.41. The van der Waals surface area contributed by atoms with Crippen LogP contribution in [0.15, 0.2) is 59.5 Å². The second-order valence-electron chi connectivity index (χ2n) is 5.93. The van der Waals surface area contributed by atoms with Gasteiger partial charge >= 0.3 is 0 Å². The van der Waals surface area contributed by atoms with E-state index in [0.29, 0.717) is 17.0 Å². The maximum atomic E-state index is 9.36. The molecule has 0 aliphatic carbocycles. The van der Waals surface area contributed by atoms with Crippen molar-refractivity contribution in [2.75, 3.05) is 6.54 Å². The number of benzene rings is 2. The topological polar surface area (TPSA) is 32.3 Å². The van der Waals surface area contributed by atoms with Crippen LogP contribution >= 0.6 is 11.8 Å². The minimum Gasteiger partial charge on any atom is -0.508 e. The summed E-state index contributed by atoms with van der Waals surface area (Å²) < 4.78 is 0. The lowest BCUT2D eigenvalue weighted by Gasteiger charge is -2.30. The molecule has 1 fully saturated rings. The molecule has 2 aromatic rings. The maximum absolute atomic E-state index is 9.36. The van der Waals surface area contributed by atoms with Crippen LogP contribution in [-0.4, -0.2) is 22.9 Å². The first-order chi connectivity index (χ1) is 10.8. The van der Waals surface area contributed by atoms with Crippen molar-refractivity contribution >= 4 is 11.8 Å². The lowest BCUT2D eigenvalue weighted by Crippen LogP contribution is -2.39. The minimum absolute atomic E-state index is 0.343. The van der Waals surface area contributed by atoms with Crippen LogP contribution < -0.4 is 5.32 Å². The summed E-state index contributed by atoms with van der Waals surface area (Å²) in [5, 5.41) is 13.7. The molecule has 2 nitrogen and oxygen atoms in total. The molecule has 3 rings (SSSR count). The molecular formula is C19H23NOS. The van der Waals surface area contributed by atoms with Gasteiger partial charge in [-0.2, -0.15) is 0 Å². The molecule has 22 heavy (non-hydrogen) atoms. The molecule has 3 heteroatoms. The van der Waals surface area contributed by atoms with Crippen LogP contribution in [0, 0.1) is 0 Å². The molecule has 0 radical (unpaired) electrons. The van der Waals surface area contributed by atoms with Gasteiger partial charge in [-0.15, -0.1) is 11.8 Å². The Morgan fingerprint density at radius 3 is 2.59 bits per heavy atom. The number of aromatic hydroxyl groups is 1. The number of nitrogens with one attached hydrogen (secondary N) is 1. The van der Waals surface area contributed by atoms with E-state index < -0.39 is 0 Å². The Labute approximate surface area is 137 Å². The van der Waals surface area contributed by atoms with Crippen LogP contribution in [0.25, 0.3) is 0 Å². The summed E-state index contributed by atoms with van der Waals surface area (Å²) in [7, 11) is 0. The molecule has 1 aliphatic rings. The predicted octanol–water partition coefficient (Wildman–Crippen LogP) is 4.24. The summed E-state index contributed by atoms with van der Waals surface area (Å²) in [6, 6.07) is 18.9. The molecule has 1 heterocycles. The van der Waals surface area contributed by atoms with Crippen LogP contribution in [0.2, 0.25) is 0 Å². The number of phenols is 1. The first-order valence-corrected chi connectivity index (χ1v) is 8.90. The van der Waals surface area contributed by atoms with Gasteiger partial charge in [0.05, 0.1) is 0 Å². The van der Waals surface area contributed by atoms with Crippen LogP contribution in [0.4, 0.5) is 0 Å². The summed E-state index contributed by atoms with van der Waals surface area (Å²) in [6.07, 6.45) is 4.79. The van der Waals surface area contributed by atoms with E-state index in [4.69, 9.17) is 0 Å². The third kappa shape index (κ3) is 4.52. The number of rotatable bonds is 5. The van der Waals surface area contributed by atoms with Crippen LogP contribution in [0.1, 0.15) is 24.8 Å². The molecule has 2 atom stereocenters. The van der Waals surface area contributed by atoms with Gasteiger partial charge in [-0.3, -0.25) is 0 Å². The molecule has 116 valence electrons. The van der Waals surface area contributed by atoms with Gasteiger partial charge in [-0.1, -0.05) is 30.3 Å². The van der Waals surface area contributed by atoms with Gasteiger partial charge in [-0.05, 0) is 62.1 Å². The Morgan fingerprint density at radius 1 is 1.05 bits per heavy atom. The van der Waals surface area contributed by atoms with Gasteiger partial charge in [0.25, 0.3) is 0 Å². The zero-order chi connectivity index (χ0) is 15.2. The SMILES string of the molecule is Oc1ccc(SC2CCNC(CCc3ccccc3)C2)cc1. The Balaban J connectivity index is 1.49. The lowest BCUT2D eigenvalue weighted by atomic mass is 9.97. The fourth-order valence-electron chi connectivity index (χ4n) is 3.00. The normalized spacial score (nSPS) is 21.6. The second-order valence-corrected chi connectivity index (χ2v) is 7.31. The van der Waals surface area contributed by atoms with Crippen molar-refractivity contribution < 1.29 is 5.11 Å². The first-order valence-electron chi connectivity index (χ1n) is 8.02. The fraction of sp³-hybridized carbons (Fsp3) is 0.368. The predicted molar refractivity (Wildman–Crippen MR) is 93.5 cm³/mol. The third-order valence-electron chi connectivity index (χ3n) is 4.21. The van der Waals surface area contributed by atoms with E-state index in [9.17, 15) is 5.11 Å². The zero-order valence-corrected chi connectivity index (χ0v) is 13.6. The lowest BCUT2D eigenvalue weighted by molar-refractivity contribution is 0.390. The van der Waals surface area contributed by atoms with Crippen molar-refractivity contribution in [2.24, 2.45) is 0 Å². The third-order valence-corrected chi connectivity index (χ3v) is 5.52. The van der Waals surface area contributed by atoms with Crippen LogP contribution in [0.3, 0.4) is 0 Å². The molecule has 2 N–H and O–H groups in total. The summed E-state index contributed by atoms with van der Waals surface area (Å²) in [5.74, 6) is 0.343. The number of piperidine rings is 1. The van der Waals surface area contributed by atoms with Gasteiger partial charge < -0.3 is 10.4 Å². The molecule has 0 spiro atoms. The number of thioether (sulfide) groups is 1. The Morgan fingerprint density at radius 2 is 1.82 bits per heavy atom. The zero-order valence-electron chi connectivity index (χ0n) is 12.7. The number of aryl methyl sites for hydroxylation is 1. The molecule has 0 saturated carbocycles. The Hall–Kier alpha value is -1.45. The van der Waals surface area contributed by atoms with Crippen molar-refractivity contribution in [2.45, 2.75) is 41.9 Å². The van der Waals surface area contributed by atoms with Crippen LogP contribution in [-0.2, 0) is 6.42 Å². The molecule has 0 bridgehead atoms. The fourth-order valence-corrected chi connectivity index (χ4v) is 4.24. The highest BCUT2D eigenvalue weighted by atomic mass is 32.2. The van der Waals surface area contributed by atoms with E-state index in [1.807, 2.05) is 23.9 Å². The van der Waals surface area contributed by atoms with Crippen molar-refractivity contribution in [1.82, 2.24) is 5.32 Å². The quantitative estimate of drug-likeness (QED) is 0.866. The average molecular weight is 313 g/mol. The average Bonchev–Trinajstić information content (AvgIpc) is 2.57. The minimum atomic E-state index is 0.343. The second kappa shape index (κ2) is 7.70. The molecular weight excluding hydrogens is 290 g/mol. The highest BCUT2D eigenvalue weighted by Gasteiger charge is 2.22. The van der Waals surface area contributed by atoms with Gasteiger partial charge in [0.2, 0.25) is 0 Å². The molecule has 1 saturated heterocycles. The summed E-state index contributed by atoms with van der Waals surface area (Å²) in [6.45, 7) is 1.11.